The SMILES string of the molecule is C.C.CO[Si](CCCSCCCSCCC[Si](O)(O)O)(OC)OC. The minimum atomic E-state index is -3.82. The standard InChI is InChI=1S/C12H30O6S2Si2.2CH4/c1-16-22(17-2,18-3)12-6-10-20-8-4-7-19-9-5-11-21(13,14)15;;/h13-15H,4-12H2,1-3H3;2*1H4. The van der Waals surface area contributed by atoms with Crippen LogP contribution in [0.25, 0.3) is 0 Å². The van der Waals surface area contributed by atoms with E-state index in [9.17, 15) is 0 Å². The number of thioether (sulfide) groups is 2. The number of hydrogen-bond donors (Lipinski definition) is 3. The predicted octanol–water partition coefficient (Wildman–Crippen LogP) is 2.69. The summed E-state index contributed by atoms with van der Waals surface area (Å²) in [5.74, 6) is 4.12. The first-order chi connectivity index (χ1) is 10.4. The molecular formula is C14H38O6S2Si2. The van der Waals surface area contributed by atoms with Crippen molar-refractivity contribution in [2.75, 3.05) is 44.3 Å². The van der Waals surface area contributed by atoms with Gasteiger partial charge >= 0.3 is 17.6 Å². The van der Waals surface area contributed by atoms with Gasteiger partial charge in [0.15, 0.2) is 0 Å². The third kappa shape index (κ3) is 16.4. The van der Waals surface area contributed by atoms with Crippen molar-refractivity contribution in [2.24, 2.45) is 0 Å². The number of rotatable bonds is 15. The zero-order chi connectivity index (χ0) is 16.9. The van der Waals surface area contributed by atoms with Crippen LogP contribution >= 0.6 is 23.5 Å². The van der Waals surface area contributed by atoms with Crippen molar-refractivity contribution in [1.29, 1.82) is 0 Å². The van der Waals surface area contributed by atoms with Gasteiger partial charge in [0.1, 0.15) is 0 Å². The molecule has 0 rings (SSSR count). The molecule has 150 valence electrons. The average molecular weight is 423 g/mol. The molecule has 0 aliphatic carbocycles. The van der Waals surface area contributed by atoms with Gasteiger partial charge < -0.3 is 27.7 Å². The molecule has 6 nitrogen and oxygen atoms in total. The Bertz CT molecular complexity index is 258. The summed E-state index contributed by atoms with van der Waals surface area (Å²) in [5.41, 5.74) is 0. The molecule has 0 aromatic rings. The molecule has 0 atom stereocenters. The van der Waals surface area contributed by atoms with Gasteiger partial charge in [-0.15, -0.1) is 0 Å². The monoisotopic (exact) mass is 422 g/mol. The summed E-state index contributed by atoms with van der Waals surface area (Å²) in [7, 11) is -1.30. The van der Waals surface area contributed by atoms with Crippen LogP contribution in [0.15, 0.2) is 0 Å². The van der Waals surface area contributed by atoms with Crippen LogP contribution in [0.4, 0.5) is 0 Å². The zero-order valence-electron chi connectivity index (χ0n) is 13.7. The van der Waals surface area contributed by atoms with Crippen LogP contribution < -0.4 is 0 Å². The van der Waals surface area contributed by atoms with Crippen molar-refractivity contribution in [3.63, 3.8) is 0 Å². The van der Waals surface area contributed by atoms with Gasteiger partial charge in [0.25, 0.3) is 0 Å². The van der Waals surface area contributed by atoms with Gasteiger partial charge in [-0.2, -0.15) is 23.5 Å². The van der Waals surface area contributed by atoms with Gasteiger partial charge in [0, 0.05) is 33.4 Å². The van der Waals surface area contributed by atoms with E-state index in [1.165, 1.54) is 0 Å². The van der Waals surface area contributed by atoms with Crippen LogP contribution in [0, 0.1) is 0 Å². The quantitative estimate of drug-likeness (QED) is 0.274. The summed E-state index contributed by atoms with van der Waals surface area (Å²) >= 11 is 3.72. The van der Waals surface area contributed by atoms with E-state index in [2.05, 4.69) is 0 Å². The molecule has 0 radical (unpaired) electrons. The Kier molecular flexibility index (Phi) is 21.4. The van der Waals surface area contributed by atoms with Crippen LogP contribution in [0.5, 0.6) is 0 Å². The van der Waals surface area contributed by atoms with E-state index >= 15 is 0 Å². The maximum atomic E-state index is 8.87. The molecule has 0 aliphatic heterocycles. The lowest BCUT2D eigenvalue weighted by atomic mass is 10.6. The Morgan fingerprint density at radius 1 is 0.667 bits per heavy atom. The molecule has 0 aromatic heterocycles. The summed E-state index contributed by atoms with van der Waals surface area (Å²) in [4.78, 5) is 26.6. The second-order valence-corrected chi connectivity index (χ2v) is 12.4. The molecule has 0 aromatic carbocycles. The summed E-state index contributed by atoms with van der Waals surface area (Å²) in [6.07, 6.45) is 2.82. The van der Waals surface area contributed by atoms with Gasteiger partial charge in [-0.3, -0.25) is 0 Å². The fourth-order valence-electron chi connectivity index (χ4n) is 1.83. The van der Waals surface area contributed by atoms with Crippen molar-refractivity contribution >= 4 is 41.1 Å². The normalized spacial score (nSPS) is 11.8. The van der Waals surface area contributed by atoms with Crippen LogP contribution in [-0.4, -0.2) is 76.3 Å². The first kappa shape index (κ1) is 29.6. The van der Waals surface area contributed by atoms with Crippen molar-refractivity contribution in [1.82, 2.24) is 0 Å². The Labute approximate surface area is 159 Å². The van der Waals surface area contributed by atoms with E-state index in [4.69, 9.17) is 27.7 Å². The lowest BCUT2D eigenvalue weighted by Gasteiger charge is -2.24. The highest BCUT2D eigenvalue weighted by Gasteiger charge is 2.36. The summed E-state index contributed by atoms with van der Waals surface area (Å²) in [5, 5.41) is 0. The van der Waals surface area contributed by atoms with Crippen molar-refractivity contribution in [2.45, 2.75) is 46.2 Å². The van der Waals surface area contributed by atoms with Crippen molar-refractivity contribution in [3.05, 3.63) is 0 Å². The highest BCUT2D eigenvalue weighted by molar-refractivity contribution is 8.00. The van der Waals surface area contributed by atoms with E-state index in [0.717, 1.165) is 41.9 Å². The second kappa shape index (κ2) is 17.3. The van der Waals surface area contributed by atoms with E-state index < -0.39 is 17.6 Å². The van der Waals surface area contributed by atoms with E-state index in [-0.39, 0.29) is 20.9 Å². The average Bonchev–Trinajstić information content (AvgIpc) is 2.48. The topological polar surface area (TPSA) is 88.4 Å². The summed E-state index contributed by atoms with van der Waals surface area (Å²) < 4.78 is 16.1. The molecule has 24 heavy (non-hydrogen) atoms. The van der Waals surface area contributed by atoms with Crippen molar-refractivity contribution in [3.8, 4) is 0 Å². The molecule has 0 amide bonds. The highest BCUT2D eigenvalue weighted by atomic mass is 32.2. The minimum absolute atomic E-state index is 0. The molecule has 0 unspecified atom stereocenters. The van der Waals surface area contributed by atoms with E-state index in [1.54, 1.807) is 33.1 Å². The Hall–Kier alpha value is 0.894. The highest BCUT2D eigenvalue weighted by Crippen LogP contribution is 2.18. The molecule has 0 aliphatic rings. The Morgan fingerprint density at radius 2 is 1.04 bits per heavy atom. The molecule has 0 fully saturated rings. The first-order valence-electron chi connectivity index (χ1n) is 7.37. The third-order valence-electron chi connectivity index (χ3n) is 3.08. The van der Waals surface area contributed by atoms with Crippen LogP contribution in [0.2, 0.25) is 12.1 Å². The molecule has 10 heteroatoms. The van der Waals surface area contributed by atoms with Crippen LogP contribution in [-0.2, 0) is 13.3 Å². The van der Waals surface area contributed by atoms with Gasteiger partial charge in [0.2, 0.25) is 0 Å². The van der Waals surface area contributed by atoms with Gasteiger partial charge in [-0.05, 0) is 42.3 Å². The molecule has 0 saturated carbocycles. The molecule has 0 saturated heterocycles. The van der Waals surface area contributed by atoms with Gasteiger partial charge in [0.05, 0.1) is 0 Å². The predicted molar refractivity (Wildman–Crippen MR) is 111 cm³/mol. The first-order valence-corrected chi connectivity index (χ1v) is 13.7. The largest absolute Gasteiger partial charge is 0.500 e. The molecule has 3 N–H and O–H groups in total. The van der Waals surface area contributed by atoms with Gasteiger partial charge in [-0.1, -0.05) is 14.9 Å². The van der Waals surface area contributed by atoms with Gasteiger partial charge in [-0.25, -0.2) is 0 Å². The molecule has 0 heterocycles. The maximum Gasteiger partial charge on any atom is 0.500 e. The zero-order valence-corrected chi connectivity index (χ0v) is 17.4. The fourth-order valence-corrected chi connectivity index (χ4v) is 6.70. The number of hydrogen-bond acceptors (Lipinski definition) is 8. The smallest absolute Gasteiger partial charge is 0.390 e. The Morgan fingerprint density at radius 3 is 1.42 bits per heavy atom. The van der Waals surface area contributed by atoms with Crippen LogP contribution in [0.1, 0.15) is 34.1 Å². The molecule has 0 bridgehead atoms. The summed E-state index contributed by atoms with van der Waals surface area (Å²) in [6.45, 7) is 0. The van der Waals surface area contributed by atoms with Crippen molar-refractivity contribution < 1.29 is 27.7 Å². The summed E-state index contributed by atoms with van der Waals surface area (Å²) in [6, 6.07) is 0.978. The molecule has 0 spiro atoms. The lowest BCUT2D eigenvalue weighted by molar-refractivity contribution is 0.123. The lowest BCUT2D eigenvalue weighted by Crippen LogP contribution is -2.42. The third-order valence-corrected chi connectivity index (χ3v) is 9.25. The van der Waals surface area contributed by atoms with Crippen LogP contribution in [0.3, 0.4) is 0 Å². The molecular weight excluding hydrogens is 384 g/mol. The Balaban J connectivity index is -0.00000220. The maximum absolute atomic E-state index is 8.87. The second-order valence-electron chi connectivity index (χ2n) is 4.86. The fraction of sp³-hybridized carbons (Fsp3) is 1.00. The van der Waals surface area contributed by atoms with E-state index in [1.807, 2.05) is 11.8 Å². The minimum Gasteiger partial charge on any atom is -0.390 e. The van der Waals surface area contributed by atoms with E-state index in [0.29, 0.717) is 6.42 Å².